The van der Waals surface area contributed by atoms with Crippen LogP contribution >= 0.6 is 0 Å². The van der Waals surface area contributed by atoms with E-state index in [4.69, 9.17) is 4.74 Å². The number of carbonyl (C=O) groups is 1. The van der Waals surface area contributed by atoms with Gasteiger partial charge in [0.25, 0.3) is 5.91 Å². The molecule has 1 fully saturated rings. The fraction of sp³-hybridized carbons (Fsp3) is 0.333. The Labute approximate surface area is 134 Å². The van der Waals surface area contributed by atoms with Crippen molar-refractivity contribution in [3.05, 3.63) is 60.2 Å². The lowest BCUT2D eigenvalue weighted by Crippen LogP contribution is -2.41. The number of benzene rings is 1. The highest BCUT2D eigenvalue weighted by Crippen LogP contribution is 2.20. The first-order valence-corrected chi connectivity index (χ1v) is 7.80. The number of rotatable bonds is 4. The number of aromatic nitrogens is 1. The van der Waals surface area contributed by atoms with Crippen LogP contribution in [0.15, 0.2) is 48.8 Å². The maximum absolute atomic E-state index is 12.9. The topological polar surface area (TPSA) is 42.4 Å². The summed E-state index contributed by atoms with van der Waals surface area (Å²) in [5.41, 5.74) is 0.618. The zero-order valence-electron chi connectivity index (χ0n) is 12.8. The normalized spacial score (nSPS) is 17.8. The van der Waals surface area contributed by atoms with Crippen molar-refractivity contribution in [2.24, 2.45) is 5.92 Å². The van der Waals surface area contributed by atoms with Crippen LogP contribution in [0.5, 0.6) is 5.75 Å². The molecule has 1 aliphatic rings. The van der Waals surface area contributed by atoms with E-state index in [0.717, 1.165) is 19.4 Å². The van der Waals surface area contributed by atoms with Gasteiger partial charge in [0.1, 0.15) is 11.6 Å². The molecule has 1 saturated heterocycles. The Hall–Kier alpha value is -2.43. The molecule has 1 unspecified atom stereocenters. The van der Waals surface area contributed by atoms with E-state index >= 15 is 0 Å². The Balaban J connectivity index is 1.56. The number of piperidine rings is 1. The number of nitrogens with zero attached hydrogens (tertiary/aromatic N) is 2. The Kier molecular flexibility index (Phi) is 4.86. The lowest BCUT2D eigenvalue weighted by Gasteiger charge is -2.32. The Morgan fingerprint density at radius 1 is 1.30 bits per heavy atom. The monoisotopic (exact) mass is 314 g/mol. The molecule has 0 spiro atoms. The smallest absolute Gasteiger partial charge is 0.255 e. The van der Waals surface area contributed by atoms with Gasteiger partial charge in [-0.1, -0.05) is 0 Å². The molecule has 2 heterocycles. The second kappa shape index (κ2) is 7.22. The molecule has 0 radical (unpaired) electrons. The van der Waals surface area contributed by atoms with Gasteiger partial charge < -0.3 is 9.64 Å². The zero-order chi connectivity index (χ0) is 16.1. The van der Waals surface area contributed by atoms with Gasteiger partial charge in [0.15, 0.2) is 0 Å². The number of hydrogen-bond donors (Lipinski definition) is 0. The van der Waals surface area contributed by atoms with Crippen LogP contribution in [0.2, 0.25) is 0 Å². The van der Waals surface area contributed by atoms with Crippen molar-refractivity contribution in [3.63, 3.8) is 0 Å². The SMILES string of the molecule is O=C(c1cccnc1)N1CCCC(COc2ccc(F)cc2)C1. The maximum atomic E-state index is 12.9. The van der Waals surface area contributed by atoms with Gasteiger partial charge in [0, 0.05) is 31.4 Å². The summed E-state index contributed by atoms with van der Waals surface area (Å²) in [7, 11) is 0. The van der Waals surface area contributed by atoms with Crippen LogP contribution < -0.4 is 4.74 Å². The van der Waals surface area contributed by atoms with Gasteiger partial charge >= 0.3 is 0 Å². The Morgan fingerprint density at radius 3 is 2.87 bits per heavy atom. The van der Waals surface area contributed by atoms with E-state index in [2.05, 4.69) is 4.98 Å². The van der Waals surface area contributed by atoms with E-state index in [9.17, 15) is 9.18 Å². The fourth-order valence-electron chi connectivity index (χ4n) is 2.80. The largest absolute Gasteiger partial charge is 0.493 e. The molecule has 120 valence electrons. The van der Waals surface area contributed by atoms with Crippen LogP contribution in [0.25, 0.3) is 0 Å². The minimum absolute atomic E-state index is 0.0181. The average molecular weight is 314 g/mol. The summed E-state index contributed by atoms with van der Waals surface area (Å²) in [5.74, 6) is 0.685. The molecule has 0 aliphatic carbocycles. The third-order valence-electron chi connectivity index (χ3n) is 4.01. The van der Waals surface area contributed by atoms with Gasteiger partial charge in [0.05, 0.1) is 12.2 Å². The maximum Gasteiger partial charge on any atom is 0.255 e. The first kappa shape index (κ1) is 15.5. The number of ether oxygens (including phenoxy) is 1. The quantitative estimate of drug-likeness (QED) is 0.870. The summed E-state index contributed by atoms with van der Waals surface area (Å²) in [6.45, 7) is 1.97. The highest BCUT2D eigenvalue weighted by molar-refractivity contribution is 5.93. The van der Waals surface area contributed by atoms with E-state index in [0.29, 0.717) is 24.5 Å². The predicted octanol–water partition coefficient (Wildman–Crippen LogP) is 3.15. The summed E-state index contributed by atoms with van der Waals surface area (Å²) in [6.07, 6.45) is 5.24. The number of pyridine rings is 1. The van der Waals surface area contributed by atoms with Crippen molar-refractivity contribution in [3.8, 4) is 5.75 Å². The van der Waals surface area contributed by atoms with Crippen molar-refractivity contribution < 1.29 is 13.9 Å². The van der Waals surface area contributed by atoms with Gasteiger partial charge in [-0.05, 0) is 49.2 Å². The van der Waals surface area contributed by atoms with Gasteiger partial charge in [-0.25, -0.2) is 4.39 Å². The summed E-state index contributed by atoms with van der Waals surface area (Å²) in [4.78, 5) is 18.3. The van der Waals surface area contributed by atoms with E-state index < -0.39 is 0 Å². The first-order chi connectivity index (χ1) is 11.2. The average Bonchev–Trinajstić information content (AvgIpc) is 2.61. The van der Waals surface area contributed by atoms with Crippen LogP contribution in [-0.2, 0) is 0 Å². The first-order valence-electron chi connectivity index (χ1n) is 7.80. The Bertz CT molecular complexity index is 646. The van der Waals surface area contributed by atoms with Crippen LogP contribution in [0, 0.1) is 11.7 Å². The third-order valence-corrected chi connectivity index (χ3v) is 4.01. The molecule has 1 aromatic carbocycles. The van der Waals surface area contributed by atoms with E-state index in [1.807, 2.05) is 4.90 Å². The zero-order valence-corrected chi connectivity index (χ0v) is 12.8. The fourth-order valence-corrected chi connectivity index (χ4v) is 2.80. The molecule has 1 aliphatic heterocycles. The number of hydrogen-bond acceptors (Lipinski definition) is 3. The minimum atomic E-state index is -0.275. The molecule has 1 atom stereocenters. The van der Waals surface area contributed by atoms with Crippen LogP contribution in [0.1, 0.15) is 23.2 Å². The van der Waals surface area contributed by atoms with Crippen molar-refractivity contribution in [2.75, 3.05) is 19.7 Å². The van der Waals surface area contributed by atoms with Crippen LogP contribution in [-0.4, -0.2) is 35.5 Å². The molecule has 0 N–H and O–H groups in total. The molecular formula is C18H19FN2O2. The number of likely N-dealkylation sites (tertiary alicyclic amines) is 1. The van der Waals surface area contributed by atoms with Crippen LogP contribution in [0.3, 0.4) is 0 Å². The van der Waals surface area contributed by atoms with Gasteiger partial charge in [0.2, 0.25) is 0 Å². The van der Waals surface area contributed by atoms with E-state index in [-0.39, 0.29) is 17.6 Å². The van der Waals surface area contributed by atoms with Crippen molar-refractivity contribution in [1.29, 1.82) is 0 Å². The van der Waals surface area contributed by atoms with Crippen LogP contribution in [0.4, 0.5) is 4.39 Å². The van der Waals surface area contributed by atoms with Crippen molar-refractivity contribution in [1.82, 2.24) is 9.88 Å². The molecule has 5 heteroatoms. The minimum Gasteiger partial charge on any atom is -0.493 e. The molecule has 1 amide bonds. The number of carbonyl (C=O) groups excluding carboxylic acids is 1. The highest BCUT2D eigenvalue weighted by atomic mass is 19.1. The molecule has 23 heavy (non-hydrogen) atoms. The van der Waals surface area contributed by atoms with Gasteiger partial charge in [-0.3, -0.25) is 9.78 Å². The third kappa shape index (κ3) is 4.06. The number of amides is 1. The standard InChI is InChI=1S/C18H19FN2O2/c19-16-5-7-17(8-6-16)23-13-14-3-2-10-21(12-14)18(22)15-4-1-9-20-11-15/h1,4-9,11,14H,2-3,10,12-13H2. The second-order valence-corrected chi connectivity index (χ2v) is 5.77. The predicted molar refractivity (Wildman–Crippen MR) is 84.8 cm³/mol. The Morgan fingerprint density at radius 2 is 2.13 bits per heavy atom. The summed E-state index contributed by atoms with van der Waals surface area (Å²) in [5, 5.41) is 0. The molecule has 0 bridgehead atoms. The van der Waals surface area contributed by atoms with Crippen molar-refractivity contribution in [2.45, 2.75) is 12.8 Å². The molecular weight excluding hydrogens is 295 g/mol. The lowest BCUT2D eigenvalue weighted by atomic mass is 9.98. The molecule has 3 rings (SSSR count). The molecule has 2 aromatic rings. The summed E-state index contributed by atoms with van der Waals surface area (Å²) < 4.78 is 18.6. The molecule has 4 nitrogen and oxygen atoms in total. The van der Waals surface area contributed by atoms with Crippen molar-refractivity contribution >= 4 is 5.91 Å². The molecule has 1 aromatic heterocycles. The number of halogens is 1. The summed E-state index contributed by atoms with van der Waals surface area (Å²) in [6, 6.07) is 9.57. The highest BCUT2D eigenvalue weighted by Gasteiger charge is 2.25. The van der Waals surface area contributed by atoms with Gasteiger partial charge in [-0.2, -0.15) is 0 Å². The van der Waals surface area contributed by atoms with E-state index in [1.54, 1.807) is 36.7 Å². The summed E-state index contributed by atoms with van der Waals surface area (Å²) >= 11 is 0. The second-order valence-electron chi connectivity index (χ2n) is 5.77. The van der Waals surface area contributed by atoms with Gasteiger partial charge in [-0.15, -0.1) is 0 Å². The molecule has 0 saturated carbocycles. The van der Waals surface area contributed by atoms with E-state index in [1.165, 1.54) is 12.1 Å². The lowest BCUT2D eigenvalue weighted by molar-refractivity contribution is 0.0633.